The van der Waals surface area contributed by atoms with E-state index in [4.69, 9.17) is 0 Å². The molecule has 0 spiro atoms. The highest BCUT2D eigenvalue weighted by molar-refractivity contribution is 5.90. The molecule has 0 aliphatic rings. The Morgan fingerprint density at radius 1 is 1.08 bits per heavy atom. The SMILES string of the molecule is CC(=O)N[C@@H](Cc1ccc(F)cc1)C(=O)N[C@@H](CC=C(C)C)C(=O)O. The molecule has 0 aromatic heterocycles. The van der Waals surface area contributed by atoms with Gasteiger partial charge >= 0.3 is 5.97 Å². The Kier molecular flexibility index (Phi) is 7.78. The van der Waals surface area contributed by atoms with E-state index in [0.717, 1.165) is 5.57 Å². The van der Waals surface area contributed by atoms with E-state index in [2.05, 4.69) is 10.6 Å². The van der Waals surface area contributed by atoms with Gasteiger partial charge in [0.15, 0.2) is 0 Å². The van der Waals surface area contributed by atoms with Crippen molar-refractivity contribution in [3.8, 4) is 0 Å². The summed E-state index contributed by atoms with van der Waals surface area (Å²) in [5.74, 6) is -2.58. The van der Waals surface area contributed by atoms with Gasteiger partial charge in [-0.15, -0.1) is 0 Å². The number of aliphatic carboxylic acids is 1. The summed E-state index contributed by atoms with van der Waals surface area (Å²) >= 11 is 0. The first-order valence-corrected chi connectivity index (χ1v) is 7.87. The normalized spacial score (nSPS) is 12.6. The molecule has 0 saturated heterocycles. The average Bonchev–Trinajstić information content (AvgIpc) is 2.51. The summed E-state index contributed by atoms with van der Waals surface area (Å²) in [6, 6.07) is 3.49. The minimum atomic E-state index is -1.16. The molecule has 1 aromatic rings. The Morgan fingerprint density at radius 3 is 2.16 bits per heavy atom. The molecule has 0 aliphatic carbocycles. The molecular formula is C18H23FN2O4. The minimum absolute atomic E-state index is 0.126. The standard InChI is InChI=1S/C18H23FN2O4/c1-11(2)4-9-15(18(24)25)21-17(23)16(20-12(3)22)10-13-5-7-14(19)8-6-13/h4-8,15-16H,9-10H2,1-3H3,(H,20,22)(H,21,23)(H,24,25)/t15-,16-/m0/s1. The van der Waals surface area contributed by atoms with Gasteiger partial charge in [0.2, 0.25) is 11.8 Å². The van der Waals surface area contributed by atoms with Crippen molar-refractivity contribution in [1.29, 1.82) is 0 Å². The summed E-state index contributed by atoms with van der Waals surface area (Å²) in [4.78, 5) is 35.1. The molecular weight excluding hydrogens is 327 g/mol. The van der Waals surface area contributed by atoms with E-state index >= 15 is 0 Å². The number of amides is 2. The molecule has 2 atom stereocenters. The topological polar surface area (TPSA) is 95.5 Å². The number of halogens is 1. The second-order valence-electron chi connectivity index (χ2n) is 6.00. The van der Waals surface area contributed by atoms with Crippen LogP contribution in [0.5, 0.6) is 0 Å². The molecule has 3 N–H and O–H groups in total. The van der Waals surface area contributed by atoms with Crippen molar-refractivity contribution in [3.05, 3.63) is 47.3 Å². The summed E-state index contributed by atoms with van der Waals surface area (Å²) in [7, 11) is 0. The van der Waals surface area contributed by atoms with Gasteiger partial charge in [-0.2, -0.15) is 0 Å². The lowest BCUT2D eigenvalue weighted by atomic mass is 10.0. The molecule has 2 amide bonds. The number of allylic oxidation sites excluding steroid dienone is 1. The molecule has 6 nitrogen and oxygen atoms in total. The van der Waals surface area contributed by atoms with Crippen LogP contribution in [-0.2, 0) is 20.8 Å². The fourth-order valence-corrected chi connectivity index (χ4v) is 2.16. The van der Waals surface area contributed by atoms with Crippen molar-refractivity contribution in [3.63, 3.8) is 0 Å². The summed E-state index contributed by atoms with van der Waals surface area (Å²) in [5.41, 5.74) is 1.58. The number of carbonyl (C=O) groups is 3. The average molecular weight is 350 g/mol. The minimum Gasteiger partial charge on any atom is -0.480 e. The summed E-state index contributed by atoms with van der Waals surface area (Å²) in [6.07, 6.45) is 1.99. The van der Waals surface area contributed by atoms with Crippen LogP contribution in [0, 0.1) is 5.82 Å². The maximum absolute atomic E-state index is 13.0. The number of carbonyl (C=O) groups excluding carboxylic acids is 2. The maximum atomic E-state index is 13.0. The monoisotopic (exact) mass is 350 g/mol. The quantitative estimate of drug-likeness (QED) is 0.623. The zero-order valence-electron chi connectivity index (χ0n) is 14.5. The zero-order chi connectivity index (χ0) is 19.0. The second-order valence-corrected chi connectivity index (χ2v) is 6.00. The molecule has 1 rings (SSSR count). The molecule has 0 heterocycles. The summed E-state index contributed by atoms with van der Waals surface area (Å²) in [6.45, 7) is 4.92. The summed E-state index contributed by atoms with van der Waals surface area (Å²) in [5, 5.41) is 14.2. The summed E-state index contributed by atoms with van der Waals surface area (Å²) < 4.78 is 13.0. The van der Waals surface area contributed by atoms with E-state index < -0.39 is 35.7 Å². The van der Waals surface area contributed by atoms with Crippen molar-refractivity contribution >= 4 is 17.8 Å². The fraction of sp³-hybridized carbons (Fsp3) is 0.389. The maximum Gasteiger partial charge on any atom is 0.326 e. The van der Waals surface area contributed by atoms with Crippen molar-refractivity contribution in [1.82, 2.24) is 10.6 Å². The number of benzene rings is 1. The molecule has 0 bridgehead atoms. The van der Waals surface area contributed by atoms with Crippen molar-refractivity contribution in [2.75, 3.05) is 0 Å². The van der Waals surface area contributed by atoms with Gasteiger partial charge in [0.25, 0.3) is 0 Å². The lowest BCUT2D eigenvalue weighted by Crippen LogP contribution is -2.52. The lowest BCUT2D eigenvalue weighted by molar-refractivity contribution is -0.142. The molecule has 0 saturated carbocycles. The van der Waals surface area contributed by atoms with E-state index in [1.165, 1.54) is 31.2 Å². The van der Waals surface area contributed by atoms with Crippen LogP contribution in [0.1, 0.15) is 32.8 Å². The molecule has 0 radical (unpaired) electrons. The first-order valence-electron chi connectivity index (χ1n) is 7.87. The molecule has 136 valence electrons. The zero-order valence-corrected chi connectivity index (χ0v) is 14.5. The van der Waals surface area contributed by atoms with Crippen LogP contribution in [-0.4, -0.2) is 35.0 Å². The van der Waals surface area contributed by atoms with Gasteiger partial charge in [0, 0.05) is 13.3 Å². The third-order valence-electron chi connectivity index (χ3n) is 3.42. The number of carboxylic acid groups (broad SMARTS) is 1. The highest BCUT2D eigenvalue weighted by Gasteiger charge is 2.25. The van der Waals surface area contributed by atoms with Gasteiger partial charge in [0.05, 0.1) is 0 Å². The van der Waals surface area contributed by atoms with Crippen LogP contribution < -0.4 is 10.6 Å². The van der Waals surface area contributed by atoms with Gasteiger partial charge in [-0.3, -0.25) is 9.59 Å². The van der Waals surface area contributed by atoms with Crippen LogP contribution in [0.25, 0.3) is 0 Å². The molecule has 25 heavy (non-hydrogen) atoms. The Morgan fingerprint density at radius 2 is 1.68 bits per heavy atom. The van der Waals surface area contributed by atoms with E-state index in [1.807, 2.05) is 13.8 Å². The van der Waals surface area contributed by atoms with E-state index in [1.54, 1.807) is 6.08 Å². The largest absolute Gasteiger partial charge is 0.480 e. The predicted octanol–water partition coefficient (Wildman–Crippen LogP) is 1.80. The number of hydrogen-bond acceptors (Lipinski definition) is 3. The Balaban J connectivity index is 2.87. The van der Waals surface area contributed by atoms with Crippen molar-refractivity contribution in [2.45, 2.75) is 45.7 Å². The van der Waals surface area contributed by atoms with E-state index in [0.29, 0.717) is 5.56 Å². The molecule has 7 heteroatoms. The van der Waals surface area contributed by atoms with Crippen LogP contribution >= 0.6 is 0 Å². The molecule has 0 aliphatic heterocycles. The van der Waals surface area contributed by atoms with Crippen molar-refractivity contribution in [2.24, 2.45) is 0 Å². The van der Waals surface area contributed by atoms with Crippen LogP contribution in [0.3, 0.4) is 0 Å². The number of nitrogens with one attached hydrogen (secondary N) is 2. The Bertz CT molecular complexity index is 652. The van der Waals surface area contributed by atoms with Gasteiger partial charge < -0.3 is 15.7 Å². The fourth-order valence-electron chi connectivity index (χ4n) is 2.16. The molecule has 0 fully saturated rings. The highest BCUT2D eigenvalue weighted by atomic mass is 19.1. The molecule has 0 unspecified atom stereocenters. The van der Waals surface area contributed by atoms with Crippen LogP contribution in [0.2, 0.25) is 0 Å². The number of carboxylic acids is 1. The van der Waals surface area contributed by atoms with Gasteiger partial charge in [-0.25, -0.2) is 9.18 Å². The lowest BCUT2D eigenvalue weighted by Gasteiger charge is -2.20. The van der Waals surface area contributed by atoms with Gasteiger partial charge in [-0.1, -0.05) is 23.8 Å². The van der Waals surface area contributed by atoms with Crippen LogP contribution in [0.4, 0.5) is 4.39 Å². The van der Waals surface area contributed by atoms with Crippen molar-refractivity contribution < 1.29 is 23.9 Å². The smallest absolute Gasteiger partial charge is 0.326 e. The van der Waals surface area contributed by atoms with Crippen LogP contribution in [0.15, 0.2) is 35.9 Å². The number of rotatable bonds is 8. The first kappa shape index (κ1) is 20.3. The predicted molar refractivity (Wildman–Crippen MR) is 91.3 cm³/mol. The van der Waals surface area contributed by atoms with E-state index in [-0.39, 0.29) is 12.8 Å². The Labute approximate surface area is 146 Å². The van der Waals surface area contributed by atoms with E-state index in [9.17, 15) is 23.9 Å². The highest BCUT2D eigenvalue weighted by Crippen LogP contribution is 2.07. The first-order chi connectivity index (χ1) is 11.7. The van der Waals surface area contributed by atoms with Gasteiger partial charge in [-0.05, 0) is 38.0 Å². The molecule has 1 aromatic carbocycles. The second kappa shape index (κ2) is 9.56. The Hall–Kier alpha value is -2.70. The third kappa shape index (κ3) is 7.60. The number of hydrogen-bond donors (Lipinski definition) is 3. The van der Waals surface area contributed by atoms with Gasteiger partial charge in [0.1, 0.15) is 17.9 Å². The third-order valence-corrected chi connectivity index (χ3v) is 3.42.